The summed E-state index contributed by atoms with van der Waals surface area (Å²) >= 11 is 0. The summed E-state index contributed by atoms with van der Waals surface area (Å²) < 4.78 is 0. The quantitative estimate of drug-likeness (QED) is 0.451. The van der Waals surface area contributed by atoms with Gasteiger partial charge in [0, 0.05) is 6.20 Å². The predicted molar refractivity (Wildman–Crippen MR) is 39.2 cm³/mol. The van der Waals surface area contributed by atoms with Crippen molar-refractivity contribution < 1.29 is 5.11 Å². The second-order valence-corrected chi connectivity index (χ2v) is 2.14. The van der Waals surface area contributed by atoms with Crippen molar-refractivity contribution in [3.05, 3.63) is 18.0 Å². The summed E-state index contributed by atoms with van der Waals surface area (Å²) in [5.41, 5.74) is 12.3. The average molecular weight is 141 g/mol. The van der Waals surface area contributed by atoms with Crippen molar-refractivity contribution >= 4 is 5.69 Å². The first-order valence-electron chi connectivity index (χ1n) is 3.05. The van der Waals surface area contributed by atoms with E-state index < -0.39 is 6.04 Å². The van der Waals surface area contributed by atoms with Crippen molar-refractivity contribution in [2.24, 2.45) is 5.73 Å². The van der Waals surface area contributed by atoms with Crippen LogP contribution in [0.2, 0.25) is 0 Å². The fraction of sp³-hybridized carbons (Fsp3) is 0.333. The van der Waals surface area contributed by atoms with E-state index in [-0.39, 0.29) is 6.61 Å². The molecule has 0 bridgehead atoms. The molecule has 1 rings (SSSR count). The third kappa shape index (κ3) is 1.12. The molecule has 1 unspecified atom stereocenters. The van der Waals surface area contributed by atoms with E-state index in [9.17, 15) is 0 Å². The van der Waals surface area contributed by atoms with E-state index in [4.69, 9.17) is 16.6 Å². The molecule has 0 amide bonds. The standard InChI is InChI=1S/C6H11N3O/c7-4-1-2-9-6(4)5(8)3-10/h1-2,5,9-10H,3,7-8H2. The molecule has 0 radical (unpaired) electrons. The number of anilines is 1. The van der Waals surface area contributed by atoms with Gasteiger partial charge in [-0.2, -0.15) is 0 Å². The highest BCUT2D eigenvalue weighted by Gasteiger charge is 2.07. The van der Waals surface area contributed by atoms with Crippen LogP contribution in [0.15, 0.2) is 12.3 Å². The maximum Gasteiger partial charge on any atom is 0.0703 e. The zero-order chi connectivity index (χ0) is 7.56. The van der Waals surface area contributed by atoms with Crippen molar-refractivity contribution in [1.29, 1.82) is 0 Å². The van der Waals surface area contributed by atoms with E-state index in [0.717, 1.165) is 0 Å². The summed E-state index contributed by atoms with van der Waals surface area (Å²) in [4.78, 5) is 2.85. The van der Waals surface area contributed by atoms with Crippen LogP contribution in [0.5, 0.6) is 0 Å². The molecule has 0 aliphatic carbocycles. The van der Waals surface area contributed by atoms with Crippen LogP contribution < -0.4 is 11.5 Å². The molecule has 10 heavy (non-hydrogen) atoms. The van der Waals surface area contributed by atoms with Gasteiger partial charge in [0.25, 0.3) is 0 Å². The molecule has 0 aromatic carbocycles. The number of H-pyrrole nitrogens is 1. The number of aromatic amines is 1. The molecule has 1 atom stereocenters. The molecule has 0 saturated heterocycles. The van der Waals surface area contributed by atoms with Gasteiger partial charge in [-0.15, -0.1) is 0 Å². The normalized spacial score (nSPS) is 13.4. The third-order valence-corrected chi connectivity index (χ3v) is 1.38. The van der Waals surface area contributed by atoms with Gasteiger partial charge >= 0.3 is 0 Å². The lowest BCUT2D eigenvalue weighted by molar-refractivity contribution is 0.266. The molecular weight excluding hydrogens is 130 g/mol. The summed E-state index contributed by atoms with van der Waals surface area (Å²) in [7, 11) is 0. The number of hydrogen-bond acceptors (Lipinski definition) is 3. The van der Waals surface area contributed by atoms with Gasteiger partial charge in [0.15, 0.2) is 0 Å². The molecule has 0 fully saturated rings. The van der Waals surface area contributed by atoms with Crippen LogP contribution in [0, 0.1) is 0 Å². The largest absolute Gasteiger partial charge is 0.397 e. The molecule has 0 aliphatic heterocycles. The first-order valence-corrected chi connectivity index (χ1v) is 3.05. The molecule has 1 heterocycles. The van der Waals surface area contributed by atoms with E-state index in [0.29, 0.717) is 11.4 Å². The first-order chi connectivity index (χ1) is 4.75. The molecule has 6 N–H and O–H groups in total. The predicted octanol–water partition coefficient (Wildman–Crippen LogP) is -0.411. The van der Waals surface area contributed by atoms with Crippen LogP contribution in [0.25, 0.3) is 0 Å². The lowest BCUT2D eigenvalue weighted by atomic mass is 10.2. The Bertz CT molecular complexity index is 209. The maximum atomic E-state index is 8.63. The number of hydrogen-bond donors (Lipinski definition) is 4. The van der Waals surface area contributed by atoms with Crippen molar-refractivity contribution in [2.45, 2.75) is 6.04 Å². The topological polar surface area (TPSA) is 88.1 Å². The second kappa shape index (κ2) is 2.72. The minimum Gasteiger partial charge on any atom is -0.397 e. The highest BCUT2D eigenvalue weighted by Crippen LogP contribution is 2.14. The van der Waals surface area contributed by atoms with Gasteiger partial charge in [-0.25, -0.2) is 0 Å². The molecule has 4 heteroatoms. The monoisotopic (exact) mass is 141 g/mol. The van der Waals surface area contributed by atoms with Crippen LogP contribution in [0.1, 0.15) is 11.7 Å². The average Bonchev–Trinajstić information content (AvgIpc) is 2.34. The van der Waals surface area contributed by atoms with Crippen LogP contribution >= 0.6 is 0 Å². The number of rotatable bonds is 2. The number of nitrogen functional groups attached to an aromatic ring is 1. The molecule has 0 spiro atoms. The van der Waals surface area contributed by atoms with E-state index in [2.05, 4.69) is 4.98 Å². The molecule has 1 aromatic heterocycles. The van der Waals surface area contributed by atoms with Crippen molar-refractivity contribution in [1.82, 2.24) is 4.98 Å². The number of aromatic nitrogens is 1. The minimum atomic E-state index is -0.394. The molecule has 4 nitrogen and oxygen atoms in total. The molecule has 1 aromatic rings. The highest BCUT2D eigenvalue weighted by atomic mass is 16.3. The van der Waals surface area contributed by atoms with Gasteiger partial charge in [0.1, 0.15) is 0 Å². The lowest BCUT2D eigenvalue weighted by Crippen LogP contribution is -2.16. The van der Waals surface area contributed by atoms with E-state index in [1.54, 1.807) is 12.3 Å². The molecule has 0 saturated carbocycles. The number of nitrogens with one attached hydrogen (secondary N) is 1. The Kier molecular flexibility index (Phi) is 1.94. The summed E-state index contributed by atoms with van der Waals surface area (Å²) in [6.07, 6.45) is 1.69. The lowest BCUT2D eigenvalue weighted by Gasteiger charge is -2.05. The van der Waals surface area contributed by atoms with Crippen molar-refractivity contribution in [3.8, 4) is 0 Å². The first kappa shape index (κ1) is 7.11. The Hall–Kier alpha value is -1.00. The third-order valence-electron chi connectivity index (χ3n) is 1.38. The molecular formula is C6H11N3O. The van der Waals surface area contributed by atoms with Crippen LogP contribution in [-0.2, 0) is 0 Å². The van der Waals surface area contributed by atoms with E-state index >= 15 is 0 Å². The molecule has 0 aliphatic rings. The number of aliphatic hydroxyl groups is 1. The van der Waals surface area contributed by atoms with Gasteiger partial charge in [-0.1, -0.05) is 0 Å². The highest BCUT2D eigenvalue weighted by molar-refractivity contribution is 5.44. The second-order valence-electron chi connectivity index (χ2n) is 2.14. The summed E-state index contributed by atoms with van der Waals surface area (Å²) in [5, 5.41) is 8.63. The smallest absolute Gasteiger partial charge is 0.0703 e. The number of nitrogens with two attached hydrogens (primary N) is 2. The summed E-state index contributed by atoms with van der Waals surface area (Å²) in [6.45, 7) is -0.0925. The zero-order valence-corrected chi connectivity index (χ0v) is 5.54. The van der Waals surface area contributed by atoms with Gasteiger partial charge in [-0.05, 0) is 6.07 Å². The maximum absolute atomic E-state index is 8.63. The van der Waals surface area contributed by atoms with Gasteiger partial charge in [0.05, 0.1) is 24.0 Å². The Morgan fingerprint density at radius 3 is 2.80 bits per heavy atom. The Labute approximate surface area is 58.8 Å². The summed E-state index contributed by atoms with van der Waals surface area (Å²) in [5.74, 6) is 0. The SMILES string of the molecule is Nc1cc[nH]c1C(N)CO. The fourth-order valence-electron chi connectivity index (χ4n) is 0.807. The van der Waals surface area contributed by atoms with E-state index in [1.807, 2.05) is 0 Å². The molecule has 56 valence electrons. The zero-order valence-electron chi connectivity index (χ0n) is 5.54. The van der Waals surface area contributed by atoms with Gasteiger partial charge in [0.2, 0.25) is 0 Å². The van der Waals surface area contributed by atoms with Crippen molar-refractivity contribution in [2.75, 3.05) is 12.3 Å². The summed E-state index contributed by atoms with van der Waals surface area (Å²) in [6, 6.07) is 1.32. The number of aliphatic hydroxyl groups excluding tert-OH is 1. The van der Waals surface area contributed by atoms with Gasteiger partial charge in [-0.3, -0.25) is 0 Å². The van der Waals surface area contributed by atoms with Crippen LogP contribution in [-0.4, -0.2) is 16.7 Å². The minimum absolute atomic E-state index is 0.0925. The van der Waals surface area contributed by atoms with E-state index in [1.165, 1.54) is 0 Å². The Morgan fingerprint density at radius 1 is 1.70 bits per heavy atom. The fourth-order valence-corrected chi connectivity index (χ4v) is 0.807. The Morgan fingerprint density at radius 2 is 2.40 bits per heavy atom. The van der Waals surface area contributed by atoms with Crippen LogP contribution in [0.4, 0.5) is 5.69 Å². The van der Waals surface area contributed by atoms with Gasteiger partial charge < -0.3 is 21.6 Å². The Balaban J connectivity index is 2.82. The van der Waals surface area contributed by atoms with Crippen LogP contribution in [0.3, 0.4) is 0 Å². The van der Waals surface area contributed by atoms with Crippen molar-refractivity contribution in [3.63, 3.8) is 0 Å².